The van der Waals surface area contributed by atoms with Crippen molar-refractivity contribution in [1.29, 1.82) is 0 Å². The Bertz CT molecular complexity index is 593. The normalized spacial score (nSPS) is 12.1. The first-order valence-corrected chi connectivity index (χ1v) is 7.27. The maximum absolute atomic E-state index is 12.2. The van der Waals surface area contributed by atoms with Crippen molar-refractivity contribution in [2.45, 2.75) is 19.8 Å². The van der Waals surface area contributed by atoms with Crippen molar-refractivity contribution in [2.75, 3.05) is 12.3 Å². The number of rotatable bonds is 5. The highest BCUT2D eigenvalue weighted by molar-refractivity contribution is 5.99. The van der Waals surface area contributed by atoms with Crippen LogP contribution >= 0.6 is 0 Å². The summed E-state index contributed by atoms with van der Waals surface area (Å²) >= 11 is 0. The van der Waals surface area contributed by atoms with E-state index in [0.29, 0.717) is 29.6 Å². The Morgan fingerprint density at radius 2 is 1.67 bits per heavy atom. The summed E-state index contributed by atoms with van der Waals surface area (Å²) < 4.78 is 0. The van der Waals surface area contributed by atoms with Crippen LogP contribution in [0.4, 0.5) is 5.69 Å². The Labute approximate surface area is 126 Å². The molecule has 3 N–H and O–H groups in total. The molecule has 0 aliphatic carbocycles. The maximum atomic E-state index is 12.2. The number of amides is 1. The highest BCUT2D eigenvalue weighted by Gasteiger charge is 2.17. The Hall–Kier alpha value is -2.29. The van der Waals surface area contributed by atoms with Crippen LogP contribution in [0.1, 0.15) is 35.7 Å². The van der Waals surface area contributed by atoms with Crippen molar-refractivity contribution in [3.05, 3.63) is 65.7 Å². The van der Waals surface area contributed by atoms with E-state index in [1.165, 1.54) is 5.56 Å². The molecule has 0 radical (unpaired) electrons. The highest BCUT2D eigenvalue weighted by Crippen LogP contribution is 2.23. The summed E-state index contributed by atoms with van der Waals surface area (Å²) in [6, 6.07) is 17.4. The van der Waals surface area contributed by atoms with Gasteiger partial charge in [0.1, 0.15) is 0 Å². The van der Waals surface area contributed by atoms with E-state index in [1.54, 1.807) is 12.1 Å². The molecule has 0 saturated carbocycles. The predicted molar refractivity (Wildman–Crippen MR) is 87.2 cm³/mol. The molecule has 0 aromatic heterocycles. The average molecular weight is 282 g/mol. The summed E-state index contributed by atoms with van der Waals surface area (Å²) in [5.74, 6) is 0.621. The largest absolute Gasteiger partial charge is 0.398 e. The van der Waals surface area contributed by atoms with Crippen LogP contribution in [0.15, 0.2) is 54.6 Å². The summed E-state index contributed by atoms with van der Waals surface area (Å²) in [6.45, 7) is 4.94. The molecule has 0 heterocycles. The second-order valence-electron chi connectivity index (χ2n) is 5.56. The molecule has 21 heavy (non-hydrogen) atoms. The third-order valence-electron chi connectivity index (χ3n) is 3.72. The first-order chi connectivity index (χ1) is 10.1. The fraction of sp³-hybridized carbons (Fsp3) is 0.278. The molecule has 2 rings (SSSR count). The van der Waals surface area contributed by atoms with Crippen molar-refractivity contribution in [3.63, 3.8) is 0 Å². The first kappa shape index (κ1) is 15.1. The second-order valence-corrected chi connectivity index (χ2v) is 5.56. The van der Waals surface area contributed by atoms with Crippen LogP contribution in [0.2, 0.25) is 0 Å². The van der Waals surface area contributed by atoms with Gasteiger partial charge in [-0.1, -0.05) is 56.3 Å². The number of nitrogen functional groups attached to an aromatic ring is 1. The van der Waals surface area contributed by atoms with Crippen LogP contribution in [0.3, 0.4) is 0 Å². The molecule has 2 aromatic rings. The smallest absolute Gasteiger partial charge is 0.253 e. The number of para-hydroxylation sites is 1. The van der Waals surface area contributed by atoms with E-state index in [2.05, 4.69) is 31.3 Å². The number of nitrogens with one attached hydrogen (secondary N) is 1. The maximum Gasteiger partial charge on any atom is 0.253 e. The van der Waals surface area contributed by atoms with Gasteiger partial charge in [-0.3, -0.25) is 4.79 Å². The fourth-order valence-electron chi connectivity index (χ4n) is 2.44. The van der Waals surface area contributed by atoms with Gasteiger partial charge in [0.15, 0.2) is 0 Å². The van der Waals surface area contributed by atoms with E-state index in [9.17, 15) is 4.79 Å². The van der Waals surface area contributed by atoms with Crippen molar-refractivity contribution in [3.8, 4) is 0 Å². The number of benzene rings is 2. The van der Waals surface area contributed by atoms with Crippen LogP contribution in [-0.2, 0) is 0 Å². The molecule has 0 spiro atoms. The lowest BCUT2D eigenvalue weighted by Gasteiger charge is -2.22. The number of hydrogen-bond donors (Lipinski definition) is 2. The summed E-state index contributed by atoms with van der Waals surface area (Å²) in [7, 11) is 0. The molecule has 0 bridgehead atoms. The summed E-state index contributed by atoms with van der Waals surface area (Å²) in [5.41, 5.74) is 8.13. The van der Waals surface area contributed by atoms with Crippen molar-refractivity contribution in [2.24, 2.45) is 5.92 Å². The van der Waals surface area contributed by atoms with Gasteiger partial charge in [0.05, 0.1) is 5.56 Å². The fourth-order valence-corrected chi connectivity index (χ4v) is 2.44. The minimum atomic E-state index is -0.116. The Kier molecular flexibility index (Phi) is 4.99. The monoisotopic (exact) mass is 282 g/mol. The average Bonchev–Trinajstić information content (AvgIpc) is 2.48. The first-order valence-electron chi connectivity index (χ1n) is 7.27. The second kappa shape index (κ2) is 6.93. The highest BCUT2D eigenvalue weighted by atomic mass is 16.1. The predicted octanol–water partition coefficient (Wildman–Crippen LogP) is 3.44. The van der Waals surface area contributed by atoms with E-state index in [4.69, 9.17) is 5.73 Å². The Morgan fingerprint density at radius 3 is 2.29 bits per heavy atom. The van der Waals surface area contributed by atoms with E-state index >= 15 is 0 Å². The molecule has 0 fully saturated rings. The number of hydrogen-bond acceptors (Lipinski definition) is 2. The number of nitrogens with two attached hydrogens (primary N) is 1. The summed E-state index contributed by atoms with van der Waals surface area (Å²) in [4.78, 5) is 12.2. The third-order valence-corrected chi connectivity index (χ3v) is 3.72. The topological polar surface area (TPSA) is 55.1 Å². The quantitative estimate of drug-likeness (QED) is 0.825. The Morgan fingerprint density at radius 1 is 1.05 bits per heavy atom. The van der Waals surface area contributed by atoms with Gasteiger partial charge in [-0.2, -0.15) is 0 Å². The molecule has 3 heteroatoms. The molecule has 110 valence electrons. The van der Waals surface area contributed by atoms with Crippen LogP contribution in [0.5, 0.6) is 0 Å². The van der Waals surface area contributed by atoms with Crippen LogP contribution < -0.4 is 11.1 Å². The SMILES string of the molecule is CC(C)C(CNC(=O)c1ccccc1N)c1ccccc1. The van der Waals surface area contributed by atoms with Crippen molar-refractivity contribution in [1.82, 2.24) is 5.32 Å². The van der Waals surface area contributed by atoms with E-state index in [-0.39, 0.29) is 5.91 Å². The van der Waals surface area contributed by atoms with E-state index < -0.39 is 0 Å². The molecule has 0 aliphatic heterocycles. The molecule has 0 saturated heterocycles. The number of carbonyl (C=O) groups is 1. The third kappa shape index (κ3) is 3.85. The van der Waals surface area contributed by atoms with Crippen LogP contribution in [-0.4, -0.2) is 12.5 Å². The summed E-state index contributed by atoms with van der Waals surface area (Å²) in [5, 5.41) is 3.00. The Balaban J connectivity index is 2.06. The van der Waals surface area contributed by atoms with Crippen molar-refractivity contribution >= 4 is 11.6 Å². The zero-order valence-corrected chi connectivity index (χ0v) is 12.5. The van der Waals surface area contributed by atoms with Crippen molar-refractivity contribution < 1.29 is 4.79 Å². The zero-order valence-electron chi connectivity index (χ0n) is 12.5. The van der Waals surface area contributed by atoms with Gasteiger partial charge in [-0.25, -0.2) is 0 Å². The minimum Gasteiger partial charge on any atom is -0.398 e. The zero-order chi connectivity index (χ0) is 15.2. The lowest BCUT2D eigenvalue weighted by molar-refractivity contribution is 0.0950. The standard InChI is InChI=1S/C18H22N2O/c1-13(2)16(14-8-4-3-5-9-14)12-20-18(21)15-10-6-7-11-17(15)19/h3-11,13,16H,12,19H2,1-2H3,(H,20,21). The molecular weight excluding hydrogens is 260 g/mol. The number of carbonyl (C=O) groups excluding carboxylic acids is 1. The lowest BCUT2D eigenvalue weighted by atomic mass is 9.88. The van der Waals surface area contributed by atoms with Gasteiger partial charge in [0.25, 0.3) is 5.91 Å². The minimum absolute atomic E-state index is 0.116. The summed E-state index contributed by atoms with van der Waals surface area (Å²) in [6.07, 6.45) is 0. The van der Waals surface area contributed by atoms with Gasteiger partial charge >= 0.3 is 0 Å². The van der Waals surface area contributed by atoms with Crippen LogP contribution in [0.25, 0.3) is 0 Å². The van der Waals surface area contributed by atoms with E-state index in [1.807, 2.05) is 30.3 Å². The van der Waals surface area contributed by atoms with Gasteiger partial charge in [-0.05, 0) is 23.6 Å². The molecule has 1 unspecified atom stereocenters. The van der Waals surface area contributed by atoms with Crippen LogP contribution in [0, 0.1) is 5.92 Å². The van der Waals surface area contributed by atoms with Gasteiger partial charge in [-0.15, -0.1) is 0 Å². The molecule has 2 aromatic carbocycles. The molecular formula is C18H22N2O. The lowest BCUT2D eigenvalue weighted by Crippen LogP contribution is -2.30. The molecule has 1 amide bonds. The van der Waals surface area contributed by atoms with Gasteiger partial charge in [0.2, 0.25) is 0 Å². The van der Waals surface area contributed by atoms with E-state index in [0.717, 1.165) is 0 Å². The number of anilines is 1. The van der Waals surface area contributed by atoms with Gasteiger partial charge in [0, 0.05) is 18.2 Å². The molecule has 1 atom stereocenters. The van der Waals surface area contributed by atoms with Gasteiger partial charge < -0.3 is 11.1 Å². The molecule has 3 nitrogen and oxygen atoms in total. The molecule has 0 aliphatic rings.